The lowest BCUT2D eigenvalue weighted by atomic mass is 10.0. The van der Waals surface area contributed by atoms with Gasteiger partial charge in [0.25, 0.3) is 0 Å². The van der Waals surface area contributed by atoms with E-state index in [1.165, 1.54) is 0 Å². The zero-order valence-corrected chi connectivity index (χ0v) is 12.9. The van der Waals surface area contributed by atoms with E-state index in [0.29, 0.717) is 39.0 Å². The van der Waals surface area contributed by atoms with Gasteiger partial charge in [0.15, 0.2) is 0 Å². The van der Waals surface area contributed by atoms with Crippen molar-refractivity contribution in [2.75, 3.05) is 26.2 Å². The van der Waals surface area contributed by atoms with Crippen LogP contribution in [-0.4, -0.2) is 59.7 Å². The van der Waals surface area contributed by atoms with Crippen LogP contribution in [0.3, 0.4) is 0 Å². The number of nitrogens with one attached hydrogen (secondary N) is 1. The van der Waals surface area contributed by atoms with E-state index in [1.807, 2.05) is 18.7 Å². The SMILES string of the molecule is CCC(CC)C(=O)N1CCN(C(=O)C2CCC(=O)N2)CC1. The van der Waals surface area contributed by atoms with Crippen LogP contribution in [0.15, 0.2) is 0 Å². The van der Waals surface area contributed by atoms with Gasteiger partial charge in [-0.25, -0.2) is 0 Å². The minimum atomic E-state index is -0.362. The zero-order chi connectivity index (χ0) is 15.4. The summed E-state index contributed by atoms with van der Waals surface area (Å²) in [4.78, 5) is 39.4. The minimum absolute atomic E-state index is 0.00418. The first kappa shape index (κ1) is 15.8. The number of hydrogen-bond donors (Lipinski definition) is 1. The molecule has 0 aromatic rings. The van der Waals surface area contributed by atoms with Crippen LogP contribution in [0.25, 0.3) is 0 Å². The Morgan fingerprint density at radius 3 is 2.19 bits per heavy atom. The Labute approximate surface area is 125 Å². The predicted octanol–water partition coefficient (Wildman–Crippen LogP) is 0.372. The fourth-order valence-corrected chi connectivity index (χ4v) is 3.06. The third-order valence-electron chi connectivity index (χ3n) is 4.53. The summed E-state index contributed by atoms with van der Waals surface area (Å²) < 4.78 is 0. The Morgan fingerprint density at radius 2 is 1.71 bits per heavy atom. The van der Waals surface area contributed by atoms with Gasteiger partial charge in [-0.1, -0.05) is 13.8 Å². The van der Waals surface area contributed by atoms with Crippen molar-refractivity contribution in [3.63, 3.8) is 0 Å². The molecule has 0 aromatic heterocycles. The van der Waals surface area contributed by atoms with Crippen molar-refractivity contribution in [1.82, 2.24) is 15.1 Å². The van der Waals surface area contributed by atoms with Gasteiger partial charge in [0.05, 0.1) is 0 Å². The van der Waals surface area contributed by atoms with Gasteiger partial charge >= 0.3 is 0 Å². The van der Waals surface area contributed by atoms with Crippen molar-refractivity contribution in [3.05, 3.63) is 0 Å². The second-order valence-electron chi connectivity index (χ2n) is 5.82. The fraction of sp³-hybridized carbons (Fsp3) is 0.800. The largest absolute Gasteiger partial charge is 0.344 e. The van der Waals surface area contributed by atoms with E-state index >= 15 is 0 Å². The molecule has 3 amide bonds. The summed E-state index contributed by atoms with van der Waals surface area (Å²) in [6.07, 6.45) is 2.75. The summed E-state index contributed by atoms with van der Waals surface area (Å²) in [6.45, 7) is 6.40. The average Bonchev–Trinajstić information content (AvgIpc) is 2.94. The van der Waals surface area contributed by atoms with Gasteiger partial charge in [-0.05, 0) is 19.3 Å². The van der Waals surface area contributed by atoms with Gasteiger partial charge in [0, 0.05) is 38.5 Å². The van der Waals surface area contributed by atoms with Crippen molar-refractivity contribution in [3.8, 4) is 0 Å². The summed E-state index contributed by atoms with van der Waals surface area (Å²) in [7, 11) is 0. The smallest absolute Gasteiger partial charge is 0.245 e. The van der Waals surface area contributed by atoms with Crippen LogP contribution in [-0.2, 0) is 14.4 Å². The van der Waals surface area contributed by atoms with Crippen LogP contribution >= 0.6 is 0 Å². The number of carbonyl (C=O) groups is 3. The molecular weight excluding hydrogens is 270 g/mol. The Bertz CT molecular complexity index is 412. The van der Waals surface area contributed by atoms with Crippen molar-refractivity contribution in [1.29, 1.82) is 0 Å². The van der Waals surface area contributed by atoms with E-state index in [-0.39, 0.29) is 29.7 Å². The molecule has 2 rings (SSSR count). The molecule has 2 aliphatic rings. The molecular formula is C15H25N3O3. The molecule has 2 aliphatic heterocycles. The molecule has 1 N–H and O–H groups in total. The van der Waals surface area contributed by atoms with E-state index < -0.39 is 0 Å². The second-order valence-corrected chi connectivity index (χ2v) is 5.82. The van der Waals surface area contributed by atoms with E-state index in [0.717, 1.165) is 12.8 Å². The standard InChI is InChI=1S/C15H25N3O3/c1-3-11(4-2)14(20)17-7-9-18(10-8-17)15(21)12-5-6-13(19)16-12/h11-12H,3-10H2,1-2H3,(H,16,19). The molecule has 6 nitrogen and oxygen atoms in total. The molecule has 0 aliphatic carbocycles. The molecule has 1 atom stereocenters. The molecule has 2 saturated heterocycles. The van der Waals surface area contributed by atoms with E-state index in [4.69, 9.17) is 0 Å². The highest BCUT2D eigenvalue weighted by Gasteiger charge is 2.33. The summed E-state index contributed by atoms with van der Waals surface area (Å²) in [5.74, 6) is 0.258. The van der Waals surface area contributed by atoms with Gasteiger partial charge in [0.2, 0.25) is 17.7 Å². The summed E-state index contributed by atoms with van der Waals surface area (Å²) in [6, 6.07) is -0.362. The third-order valence-corrected chi connectivity index (χ3v) is 4.53. The highest BCUT2D eigenvalue weighted by atomic mass is 16.2. The first-order valence-electron chi connectivity index (χ1n) is 7.93. The summed E-state index contributed by atoms with van der Waals surface area (Å²) in [5, 5.41) is 2.71. The van der Waals surface area contributed by atoms with Crippen molar-refractivity contribution < 1.29 is 14.4 Å². The molecule has 21 heavy (non-hydrogen) atoms. The number of carbonyl (C=O) groups excluding carboxylic acids is 3. The second kappa shape index (κ2) is 6.91. The molecule has 0 bridgehead atoms. The molecule has 0 spiro atoms. The number of amides is 3. The van der Waals surface area contributed by atoms with Crippen LogP contribution in [0.2, 0.25) is 0 Å². The topological polar surface area (TPSA) is 69.7 Å². The van der Waals surface area contributed by atoms with Crippen molar-refractivity contribution >= 4 is 17.7 Å². The first-order valence-corrected chi connectivity index (χ1v) is 7.93. The van der Waals surface area contributed by atoms with E-state index in [1.54, 1.807) is 4.90 Å². The van der Waals surface area contributed by atoms with Gasteiger partial charge in [0.1, 0.15) is 6.04 Å². The van der Waals surface area contributed by atoms with Gasteiger partial charge in [-0.15, -0.1) is 0 Å². The Hall–Kier alpha value is -1.59. The quantitative estimate of drug-likeness (QED) is 0.815. The van der Waals surface area contributed by atoms with Crippen LogP contribution < -0.4 is 5.32 Å². The number of rotatable bonds is 4. The Balaban J connectivity index is 1.84. The average molecular weight is 295 g/mol. The maximum Gasteiger partial charge on any atom is 0.245 e. The van der Waals surface area contributed by atoms with Crippen LogP contribution in [0.4, 0.5) is 0 Å². The molecule has 118 valence electrons. The molecule has 0 saturated carbocycles. The number of nitrogens with zero attached hydrogens (tertiary/aromatic N) is 2. The monoisotopic (exact) mass is 295 g/mol. The lowest BCUT2D eigenvalue weighted by Crippen LogP contribution is -2.55. The van der Waals surface area contributed by atoms with Gasteiger partial charge < -0.3 is 15.1 Å². The van der Waals surface area contributed by atoms with Crippen LogP contribution in [0, 0.1) is 5.92 Å². The lowest BCUT2D eigenvalue weighted by molar-refractivity contribution is -0.143. The minimum Gasteiger partial charge on any atom is -0.344 e. The third kappa shape index (κ3) is 3.54. The highest BCUT2D eigenvalue weighted by molar-refractivity contribution is 5.91. The Morgan fingerprint density at radius 1 is 1.14 bits per heavy atom. The molecule has 2 heterocycles. The predicted molar refractivity (Wildman–Crippen MR) is 78.4 cm³/mol. The maximum absolute atomic E-state index is 12.3. The maximum atomic E-state index is 12.3. The first-order chi connectivity index (χ1) is 10.1. The summed E-state index contributed by atoms with van der Waals surface area (Å²) in [5.41, 5.74) is 0. The highest BCUT2D eigenvalue weighted by Crippen LogP contribution is 2.16. The zero-order valence-electron chi connectivity index (χ0n) is 12.9. The van der Waals surface area contributed by atoms with Crippen molar-refractivity contribution in [2.45, 2.75) is 45.6 Å². The number of hydrogen-bond acceptors (Lipinski definition) is 3. The van der Waals surface area contributed by atoms with E-state index in [9.17, 15) is 14.4 Å². The lowest BCUT2D eigenvalue weighted by Gasteiger charge is -2.37. The van der Waals surface area contributed by atoms with Crippen LogP contribution in [0.5, 0.6) is 0 Å². The Kier molecular flexibility index (Phi) is 5.20. The van der Waals surface area contributed by atoms with Gasteiger partial charge in [-0.2, -0.15) is 0 Å². The molecule has 0 aromatic carbocycles. The van der Waals surface area contributed by atoms with E-state index in [2.05, 4.69) is 5.32 Å². The normalized spacial score (nSPS) is 22.6. The fourth-order valence-electron chi connectivity index (χ4n) is 3.06. The van der Waals surface area contributed by atoms with Crippen molar-refractivity contribution in [2.24, 2.45) is 5.92 Å². The molecule has 2 fully saturated rings. The summed E-state index contributed by atoms with van der Waals surface area (Å²) >= 11 is 0. The molecule has 0 radical (unpaired) electrons. The molecule has 1 unspecified atom stereocenters. The number of piperazine rings is 1. The van der Waals surface area contributed by atoms with Gasteiger partial charge in [-0.3, -0.25) is 14.4 Å². The molecule has 6 heteroatoms. The van der Waals surface area contributed by atoms with Crippen LogP contribution in [0.1, 0.15) is 39.5 Å².